The molecule has 0 aliphatic rings. The summed E-state index contributed by atoms with van der Waals surface area (Å²) in [5.74, 6) is 0. The minimum atomic E-state index is 0.0406. The van der Waals surface area contributed by atoms with Crippen LogP contribution >= 0.6 is 27.5 Å². The summed E-state index contributed by atoms with van der Waals surface area (Å²) >= 11 is 9.20. The summed E-state index contributed by atoms with van der Waals surface area (Å²) in [6.07, 6.45) is 3.48. The Morgan fingerprint density at radius 3 is 2.92 bits per heavy atom. The van der Waals surface area contributed by atoms with Crippen molar-refractivity contribution in [2.24, 2.45) is 0 Å². The maximum atomic E-state index is 8.55. The fourth-order valence-electron chi connectivity index (χ4n) is 0.829. The van der Waals surface area contributed by atoms with Crippen LogP contribution in [0.1, 0.15) is 5.56 Å². The SMILES string of the molecule is OCC=Cc1cccc(Cl)c1Br. The molecule has 0 atom stereocenters. The van der Waals surface area contributed by atoms with Gasteiger partial charge in [-0.15, -0.1) is 0 Å². The fraction of sp³-hybridized carbons (Fsp3) is 0.111. The highest BCUT2D eigenvalue weighted by Crippen LogP contribution is 2.26. The van der Waals surface area contributed by atoms with Crippen LogP contribution in [0.25, 0.3) is 6.08 Å². The van der Waals surface area contributed by atoms with E-state index in [1.54, 1.807) is 6.08 Å². The van der Waals surface area contributed by atoms with E-state index in [0.29, 0.717) is 5.02 Å². The van der Waals surface area contributed by atoms with E-state index in [-0.39, 0.29) is 6.61 Å². The van der Waals surface area contributed by atoms with Gasteiger partial charge in [-0.3, -0.25) is 0 Å². The molecule has 0 bridgehead atoms. The molecular formula is C9H8BrClO. The van der Waals surface area contributed by atoms with Crippen LogP contribution in [0.15, 0.2) is 28.7 Å². The number of benzene rings is 1. The Labute approximate surface area is 84.8 Å². The summed E-state index contributed by atoms with van der Waals surface area (Å²) in [4.78, 5) is 0. The Hall–Kier alpha value is -0.310. The first-order chi connectivity index (χ1) is 5.75. The predicted octanol–water partition coefficient (Wildman–Crippen LogP) is 3.11. The molecule has 0 aliphatic heterocycles. The van der Waals surface area contributed by atoms with Gasteiger partial charge in [0.25, 0.3) is 0 Å². The molecule has 0 spiro atoms. The van der Waals surface area contributed by atoms with Gasteiger partial charge >= 0.3 is 0 Å². The standard InChI is InChI=1S/C9H8BrClO/c10-9-7(4-2-6-12)3-1-5-8(9)11/h1-5,12H,6H2. The smallest absolute Gasteiger partial charge is 0.0615 e. The maximum Gasteiger partial charge on any atom is 0.0615 e. The summed E-state index contributed by atoms with van der Waals surface area (Å²) in [7, 11) is 0. The number of halogens is 2. The zero-order chi connectivity index (χ0) is 8.97. The van der Waals surface area contributed by atoms with Gasteiger partial charge in [-0.2, -0.15) is 0 Å². The number of hydrogen-bond acceptors (Lipinski definition) is 1. The molecule has 1 aromatic carbocycles. The van der Waals surface area contributed by atoms with E-state index in [9.17, 15) is 0 Å². The monoisotopic (exact) mass is 246 g/mol. The molecule has 12 heavy (non-hydrogen) atoms. The van der Waals surface area contributed by atoms with Crippen molar-refractivity contribution in [2.75, 3.05) is 6.61 Å². The Morgan fingerprint density at radius 2 is 2.25 bits per heavy atom. The molecule has 0 heterocycles. The van der Waals surface area contributed by atoms with Crippen LogP contribution in [0.4, 0.5) is 0 Å². The van der Waals surface area contributed by atoms with E-state index in [0.717, 1.165) is 10.0 Å². The predicted molar refractivity (Wildman–Crippen MR) is 55.3 cm³/mol. The Morgan fingerprint density at radius 1 is 1.50 bits per heavy atom. The van der Waals surface area contributed by atoms with Crippen molar-refractivity contribution in [3.63, 3.8) is 0 Å². The van der Waals surface area contributed by atoms with Crippen LogP contribution in [-0.2, 0) is 0 Å². The summed E-state index contributed by atoms with van der Waals surface area (Å²) in [5.41, 5.74) is 0.969. The van der Waals surface area contributed by atoms with Crippen molar-refractivity contribution < 1.29 is 5.11 Å². The highest BCUT2D eigenvalue weighted by Gasteiger charge is 1.98. The van der Waals surface area contributed by atoms with Crippen molar-refractivity contribution in [1.82, 2.24) is 0 Å². The molecule has 0 saturated carbocycles. The molecule has 0 saturated heterocycles. The highest BCUT2D eigenvalue weighted by molar-refractivity contribution is 9.10. The van der Waals surface area contributed by atoms with E-state index < -0.39 is 0 Å². The van der Waals surface area contributed by atoms with Crippen LogP contribution in [0.3, 0.4) is 0 Å². The number of aliphatic hydroxyl groups excluding tert-OH is 1. The van der Waals surface area contributed by atoms with Gasteiger partial charge in [0.15, 0.2) is 0 Å². The van der Waals surface area contributed by atoms with Gasteiger partial charge in [0, 0.05) is 4.47 Å². The summed E-state index contributed by atoms with van der Waals surface area (Å²) in [6, 6.07) is 5.59. The highest BCUT2D eigenvalue weighted by atomic mass is 79.9. The van der Waals surface area contributed by atoms with E-state index in [2.05, 4.69) is 15.9 Å². The van der Waals surface area contributed by atoms with E-state index in [1.165, 1.54) is 0 Å². The molecule has 0 radical (unpaired) electrons. The lowest BCUT2D eigenvalue weighted by molar-refractivity contribution is 0.343. The van der Waals surface area contributed by atoms with Crippen LogP contribution < -0.4 is 0 Å². The lowest BCUT2D eigenvalue weighted by Crippen LogP contribution is -1.77. The molecule has 3 heteroatoms. The van der Waals surface area contributed by atoms with Crippen LogP contribution in [0, 0.1) is 0 Å². The van der Waals surface area contributed by atoms with Gasteiger partial charge in [-0.25, -0.2) is 0 Å². The van der Waals surface area contributed by atoms with Crippen molar-refractivity contribution in [3.05, 3.63) is 39.3 Å². The molecule has 0 aromatic heterocycles. The molecular weight excluding hydrogens is 239 g/mol. The molecule has 0 fully saturated rings. The van der Waals surface area contributed by atoms with Gasteiger partial charge in [0.2, 0.25) is 0 Å². The topological polar surface area (TPSA) is 20.2 Å². The second-order valence-electron chi connectivity index (χ2n) is 2.23. The Kier molecular flexibility index (Phi) is 3.79. The van der Waals surface area contributed by atoms with E-state index in [1.807, 2.05) is 24.3 Å². The third-order valence-electron chi connectivity index (χ3n) is 1.38. The normalized spacial score (nSPS) is 10.9. The molecule has 1 aromatic rings. The van der Waals surface area contributed by atoms with E-state index >= 15 is 0 Å². The molecule has 1 rings (SSSR count). The first kappa shape index (κ1) is 9.78. The quantitative estimate of drug-likeness (QED) is 0.851. The van der Waals surface area contributed by atoms with Crippen molar-refractivity contribution >= 4 is 33.6 Å². The average Bonchev–Trinajstić information content (AvgIpc) is 2.08. The third-order valence-corrected chi connectivity index (χ3v) is 2.81. The van der Waals surface area contributed by atoms with Gasteiger partial charge in [-0.05, 0) is 27.6 Å². The number of rotatable bonds is 2. The number of aliphatic hydroxyl groups is 1. The van der Waals surface area contributed by atoms with Gasteiger partial charge in [-0.1, -0.05) is 35.9 Å². The molecule has 64 valence electrons. The Bertz CT molecular complexity index is 297. The third kappa shape index (κ3) is 2.34. The zero-order valence-electron chi connectivity index (χ0n) is 6.30. The summed E-state index contributed by atoms with van der Waals surface area (Å²) < 4.78 is 0.858. The van der Waals surface area contributed by atoms with Crippen LogP contribution in [0.2, 0.25) is 5.02 Å². The molecule has 1 N–H and O–H groups in total. The molecule has 1 nitrogen and oxygen atoms in total. The second-order valence-corrected chi connectivity index (χ2v) is 3.43. The summed E-state index contributed by atoms with van der Waals surface area (Å²) in [6.45, 7) is 0.0406. The second kappa shape index (κ2) is 4.65. The van der Waals surface area contributed by atoms with Crippen molar-refractivity contribution in [1.29, 1.82) is 0 Å². The van der Waals surface area contributed by atoms with Crippen LogP contribution in [0.5, 0.6) is 0 Å². The van der Waals surface area contributed by atoms with Gasteiger partial charge < -0.3 is 5.11 Å². The van der Waals surface area contributed by atoms with Crippen LogP contribution in [-0.4, -0.2) is 11.7 Å². The summed E-state index contributed by atoms with van der Waals surface area (Å²) in [5, 5.41) is 9.23. The largest absolute Gasteiger partial charge is 0.392 e. The van der Waals surface area contributed by atoms with Crippen molar-refractivity contribution in [3.8, 4) is 0 Å². The van der Waals surface area contributed by atoms with Crippen molar-refractivity contribution in [2.45, 2.75) is 0 Å². The fourth-order valence-corrected chi connectivity index (χ4v) is 1.41. The lowest BCUT2D eigenvalue weighted by Gasteiger charge is -1.99. The average molecular weight is 248 g/mol. The molecule has 0 unspecified atom stereocenters. The zero-order valence-corrected chi connectivity index (χ0v) is 8.64. The first-order valence-corrected chi connectivity index (χ1v) is 4.64. The van der Waals surface area contributed by atoms with Gasteiger partial charge in [0.05, 0.1) is 11.6 Å². The minimum Gasteiger partial charge on any atom is -0.392 e. The Balaban J connectivity index is 3.00. The molecule has 0 amide bonds. The maximum absolute atomic E-state index is 8.55. The number of hydrogen-bond donors (Lipinski definition) is 1. The minimum absolute atomic E-state index is 0.0406. The first-order valence-electron chi connectivity index (χ1n) is 3.47. The van der Waals surface area contributed by atoms with E-state index in [4.69, 9.17) is 16.7 Å². The lowest BCUT2D eigenvalue weighted by atomic mass is 10.2. The van der Waals surface area contributed by atoms with Gasteiger partial charge in [0.1, 0.15) is 0 Å². The molecule has 0 aliphatic carbocycles.